The van der Waals surface area contributed by atoms with Gasteiger partial charge in [-0.3, -0.25) is 9.69 Å². The number of ether oxygens (including phenoxy) is 1. The van der Waals surface area contributed by atoms with Crippen molar-refractivity contribution in [2.45, 2.75) is 13.0 Å². The highest BCUT2D eigenvalue weighted by atomic mass is 32.1. The van der Waals surface area contributed by atoms with Crippen molar-refractivity contribution in [1.82, 2.24) is 4.98 Å². The van der Waals surface area contributed by atoms with E-state index < -0.39 is 0 Å². The lowest BCUT2D eigenvalue weighted by Gasteiger charge is -2.20. The van der Waals surface area contributed by atoms with Crippen LogP contribution < -0.4 is 9.64 Å². The zero-order valence-electron chi connectivity index (χ0n) is 17.7. The molecular weight excluding hydrogens is 416 g/mol. The smallest absolute Gasteiger partial charge is 0.233 e. The van der Waals surface area contributed by atoms with Crippen LogP contribution in [0.5, 0.6) is 5.75 Å². The van der Waals surface area contributed by atoms with E-state index in [2.05, 4.69) is 24.3 Å². The van der Waals surface area contributed by atoms with Gasteiger partial charge in [0.25, 0.3) is 0 Å². The summed E-state index contributed by atoms with van der Waals surface area (Å²) in [6.45, 7) is 0.476. The van der Waals surface area contributed by atoms with Crippen LogP contribution in [0.25, 0.3) is 21.0 Å². The number of nitrogens with zero attached hydrogens (tertiary/aromatic N) is 2. The van der Waals surface area contributed by atoms with Gasteiger partial charge in [-0.25, -0.2) is 4.98 Å². The van der Waals surface area contributed by atoms with Gasteiger partial charge in [-0.05, 0) is 34.0 Å². The second-order valence-electron chi connectivity index (χ2n) is 7.65. The maximum atomic E-state index is 13.5. The van der Waals surface area contributed by atoms with E-state index in [0.29, 0.717) is 18.1 Å². The van der Waals surface area contributed by atoms with Crippen LogP contribution >= 0.6 is 11.3 Å². The van der Waals surface area contributed by atoms with E-state index in [-0.39, 0.29) is 5.91 Å². The van der Waals surface area contributed by atoms with Crippen LogP contribution in [0.2, 0.25) is 0 Å². The molecule has 5 aromatic rings. The molecule has 4 nitrogen and oxygen atoms in total. The molecule has 4 aromatic carbocycles. The van der Waals surface area contributed by atoms with E-state index in [1.165, 1.54) is 16.7 Å². The molecule has 0 N–H and O–H groups in total. The van der Waals surface area contributed by atoms with E-state index in [1.807, 2.05) is 66.7 Å². The number of anilines is 1. The zero-order chi connectivity index (χ0) is 21.9. The second-order valence-corrected chi connectivity index (χ2v) is 8.66. The van der Waals surface area contributed by atoms with Crippen LogP contribution in [0.3, 0.4) is 0 Å². The molecule has 1 aromatic heterocycles. The molecule has 1 heterocycles. The van der Waals surface area contributed by atoms with Gasteiger partial charge in [-0.1, -0.05) is 84.1 Å². The molecule has 0 bridgehead atoms. The Bertz CT molecular complexity index is 1400. The van der Waals surface area contributed by atoms with Gasteiger partial charge in [-0.15, -0.1) is 0 Å². The van der Waals surface area contributed by atoms with Gasteiger partial charge in [0.1, 0.15) is 5.75 Å². The SMILES string of the molecule is COc1ccc2sc(N(Cc3ccccc3)C(=O)Cc3ccc4ccccc4c3)nc2c1. The van der Waals surface area contributed by atoms with E-state index in [1.54, 1.807) is 12.0 Å². The van der Waals surface area contributed by atoms with E-state index in [4.69, 9.17) is 9.72 Å². The summed E-state index contributed by atoms with van der Waals surface area (Å²) >= 11 is 1.52. The molecule has 0 unspecified atom stereocenters. The molecular formula is C27H22N2O2S. The maximum absolute atomic E-state index is 13.5. The first-order valence-electron chi connectivity index (χ1n) is 10.5. The Labute approximate surface area is 190 Å². The fraction of sp³-hybridized carbons (Fsp3) is 0.111. The lowest BCUT2D eigenvalue weighted by molar-refractivity contribution is -0.118. The van der Waals surface area contributed by atoms with Crippen LogP contribution in [0.15, 0.2) is 91.0 Å². The summed E-state index contributed by atoms with van der Waals surface area (Å²) in [5, 5.41) is 3.01. The Morgan fingerprint density at radius 1 is 0.875 bits per heavy atom. The fourth-order valence-corrected chi connectivity index (χ4v) is 4.75. The molecule has 0 saturated carbocycles. The predicted octanol–water partition coefficient (Wildman–Crippen LogP) is 6.23. The number of carbonyl (C=O) groups is 1. The van der Waals surface area contributed by atoms with Gasteiger partial charge < -0.3 is 4.74 Å². The van der Waals surface area contributed by atoms with E-state index in [0.717, 1.165) is 32.5 Å². The average Bonchev–Trinajstić information content (AvgIpc) is 3.26. The third-order valence-electron chi connectivity index (χ3n) is 5.47. The maximum Gasteiger partial charge on any atom is 0.233 e. The van der Waals surface area contributed by atoms with Gasteiger partial charge in [0, 0.05) is 6.07 Å². The highest BCUT2D eigenvalue weighted by Crippen LogP contribution is 2.32. The van der Waals surface area contributed by atoms with Crippen molar-refractivity contribution >= 4 is 43.4 Å². The summed E-state index contributed by atoms with van der Waals surface area (Å²) < 4.78 is 6.36. The van der Waals surface area contributed by atoms with E-state index in [9.17, 15) is 4.79 Å². The van der Waals surface area contributed by atoms with Crippen LogP contribution in [0, 0.1) is 0 Å². The quantitative estimate of drug-likeness (QED) is 0.315. The Kier molecular flexibility index (Phi) is 5.57. The number of methoxy groups -OCH3 is 1. The first kappa shape index (κ1) is 20.2. The molecule has 0 saturated heterocycles. The number of hydrogen-bond donors (Lipinski definition) is 0. The summed E-state index contributed by atoms with van der Waals surface area (Å²) in [6, 6.07) is 30.2. The fourth-order valence-electron chi connectivity index (χ4n) is 3.78. The van der Waals surface area contributed by atoms with Gasteiger partial charge in [0.2, 0.25) is 5.91 Å². The molecule has 1 amide bonds. The first-order valence-corrected chi connectivity index (χ1v) is 11.3. The van der Waals surface area contributed by atoms with Crippen LogP contribution in [-0.4, -0.2) is 18.0 Å². The van der Waals surface area contributed by atoms with Crippen molar-refractivity contribution in [3.8, 4) is 5.75 Å². The Morgan fingerprint density at radius 2 is 1.66 bits per heavy atom. The molecule has 5 rings (SSSR count). The number of carbonyl (C=O) groups excluding carboxylic acids is 1. The Morgan fingerprint density at radius 3 is 2.47 bits per heavy atom. The van der Waals surface area contributed by atoms with Gasteiger partial charge in [0.05, 0.1) is 30.3 Å². The van der Waals surface area contributed by atoms with Crippen molar-refractivity contribution in [1.29, 1.82) is 0 Å². The van der Waals surface area contributed by atoms with Gasteiger partial charge in [0.15, 0.2) is 5.13 Å². The number of hydrogen-bond acceptors (Lipinski definition) is 4. The molecule has 158 valence electrons. The molecule has 0 aliphatic rings. The van der Waals surface area contributed by atoms with Gasteiger partial charge >= 0.3 is 0 Å². The molecule has 0 fully saturated rings. The number of thiazole rings is 1. The van der Waals surface area contributed by atoms with Crippen LogP contribution in [0.1, 0.15) is 11.1 Å². The molecule has 0 atom stereocenters. The van der Waals surface area contributed by atoms with Gasteiger partial charge in [-0.2, -0.15) is 0 Å². The van der Waals surface area contributed by atoms with E-state index >= 15 is 0 Å². The topological polar surface area (TPSA) is 42.4 Å². The molecule has 0 aliphatic carbocycles. The Balaban J connectivity index is 1.49. The van der Waals surface area contributed by atoms with Crippen LogP contribution in [-0.2, 0) is 17.8 Å². The third kappa shape index (κ3) is 4.20. The van der Waals surface area contributed by atoms with Crippen molar-refractivity contribution in [2.24, 2.45) is 0 Å². The average molecular weight is 439 g/mol. The summed E-state index contributed by atoms with van der Waals surface area (Å²) in [6.07, 6.45) is 0.316. The number of rotatable bonds is 6. The van der Waals surface area contributed by atoms with Crippen molar-refractivity contribution < 1.29 is 9.53 Å². The predicted molar refractivity (Wildman–Crippen MR) is 131 cm³/mol. The normalized spacial score (nSPS) is 11.0. The number of fused-ring (bicyclic) bond motifs is 2. The number of amides is 1. The zero-order valence-corrected chi connectivity index (χ0v) is 18.5. The largest absolute Gasteiger partial charge is 0.497 e. The molecule has 0 aliphatic heterocycles. The summed E-state index contributed by atoms with van der Waals surface area (Å²) in [5.41, 5.74) is 2.90. The highest BCUT2D eigenvalue weighted by Gasteiger charge is 2.21. The van der Waals surface area contributed by atoms with Crippen molar-refractivity contribution in [3.63, 3.8) is 0 Å². The monoisotopic (exact) mass is 438 g/mol. The molecule has 0 radical (unpaired) electrons. The van der Waals surface area contributed by atoms with Crippen molar-refractivity contribution in [3.05, 3.63) is 102 Å². The third-order valence-corrected chi connectivity index (χ3v) is 6.53. The Hall–Kier alpha value is -3.70. The number of aromatic nitrogens is 1. The summed E-state index contributed by atoms with van der Waals surface area (Å²) in [7, 11) is 1.64. The molecule has 0 spiro atoms. The minimum Gasteiger partial charge on any atom is -0.497 e. The molecule has 5 heteroatoms. The van der Waals surface area contributed by atoms with Crippen LogP contribution in [0.4, 0.5) is 5.13 Å². The number of benzene rings is 4. The second kappa shape index (κ2) is 8.81. The standard InChI is InChI=1S/C27H22N2O2S/c1-31-23-13-14-25-24(17-23)28-27(32-25)29(18-19-7-3-2-4-8-19)26(30)16-20-11-12-21-9-5-6-10-22(21)15-20/h2-15,17H,16,18H2,1H3. The first-order chi connectivity index (χ1) is 15.7. The van der Waals surface area contributed by atoms with Crippen molar-refractivity contribution in [2.75, 3.05) is 12.0 Å². The lowest BCUT2D eigenvalue weighted by atomic mass is 10.0. The minimum atomic E-state index is 0.0233. The summed E-state index contributed by atoms with van der Waals surface area (Å²) in [5.74, 6) is 0.779. The molecule has 32 heavy (non-hydrogen) atoms. The summed E-state index contributed by atoms with van der Waals surface area (Å²) in [4.78, 5) is 20.1. The minimum absolute atomic E-state index is 0.0233. The highest BCUT2D eigenvalue weighted by molar-refractivity contribution is 7.22. The lowest BCUT2D eigenvalue weighted by Crippen LogP contribution is -2.31.